The molecule has 1 aromatic heterocycles. The topological polar surface area (TPSA) is 49.8 Å². The molecule has 0 spiro atoms. The fourth-order valence-electron chi connectivity index (χ4n) is 1.58. The predicted molar refractivity (Wildman–Crippen MR) is 85.4 cm³/mol. The maximum atomic E-state index is 13.1. The first-order valence-electron chi connectivity index (χ1n) is 6.01. The van der Waals surface area contributed by atoms with Crippen LogP contribution in [0.15, 0.2) is 33.9 Å². The summed E-state index contributed by atoms with van der Waals surface area (Å²) in [6, 6.07) is 6.28. The van der Waals surface area contributed by atoms with E-state index in [1.165, 1.54) is 23.9 Å². The summed E-state index contributed by atoms with van der Waals surface area (Å²) in [4.78, 5) is 8.73. The Hall–Kier alpha value is -1.34. The van der Waals surface area contributed by atoms with Crippen molar-refractivity contribution in [1.29, 1.82) is 0 Å². The third-order valence-corrected chi connectivity index (χ3v) is 3.64. The molecular weight excluding hydrogens is 343 g/mol. The zero-order valence-electron chi connectivity index (χ0n) is 11.1. The number of nitrogens with one attached hydrogen (secondary N) is 2. The van der Waals surface area contributed by atoms with Crippen LogP contribution < -0.4 is 10.6 Å². The lowest BCUT2D eigenvalue weighted by Gasteiger charge is -2.11. The Morgan fingerprint density at radius 1 is 1.25 bits per heavy atom. The minimum absolute atomic E-state index is 0.289. The zero-order chi connectivity index (χ0) is 14.5. The minimum Gasteiger partial charge on any atom is -0.370 e. The van der Waals surface area contributed by atoms with E-state index in [1.54, 1.807) is 6.07 Å². The molecule has 0 saturated heterocycles. The van der Waals surface area contributed by atoms with E-state index >= 15 is 0 Å². The summed E-state index contributed by atoms with van der Waals surface area (Å²) in [7, 11) is 0. The third-order valence-electron chi connectivity index (χ3n) is 2.44. The van der Waals surface area contributed by atoms with Gasteiger partial charge in [-0.2, -0.15) is 0 Å². The molecule has 0 atom stereocenters. The molecule has 0 radical (unpaired) electrons. The smallest absolute Gasteiger partial charge is 0.191 e. The number of hydrogen-bond donors (Lipinski definition) is 2. The van der Waals surface area contributed by atoms with Crippen LogP contribution in [0.25, 0.3) is 0 Å². The van der Waals surface area contributed by atoms with Crippen LogP contribution in [-0.2, 0) is 0 Å². The van der Waals surface area contributed by atoms with Crippen LogP contribution in [0.1, 0.15) is 6.92 Å². The Kier molecular flexibility index (Phi) is 5.19. The van der Waals surface area contributed by atoms with E-state index in [0.29, 0.717) is 15.4 Å². The Morgan fingerprint density at radius 2 is 2.00 bits per heavy atom. The number of rotatable bonds is 5. The van der Waals surface area contributed by atoms with Crippen LogP contribution in [0.3, 0.4) is 0 Å². The van der Waals surface area contributed by atoms with Gasteiger partial charge in [0.1, 0.15) is 17.5 Å². The van der Waals surface area contributed by atoms with Crippen molar-refractivity contribution in [2.45, 2.75) is 12.1 Å². The van der Waals surface area contributed by atoms with E-state index in [-0.39, 0.29) is 5.82 Å². The monoisotopic (exact) mass is 356 g/mol. The van der Waals surface area contributed by atoms with E-state index in [9.17, 15) is 4.39 Å². The van der Waals surface area contributed by atoms with Crippen LogP contribution >= 0.6 is 27.7 Å². The Labute approximate surface area is 129 Å². The van der Waals surface area contributed by atoms with E-state index in [4.69, 9.17) is 0 Å². The van der Waals surface area contributed by atoms with Crippen molar-refractivity contribution in [3.8, 4) is 0 Å². The lowest BCUT2D eigenvalue weighted by molar-refractivity contribution is 0.627. The van der Waals surface area contributed by atoms with Gasteiger partial charge in [0.15, 0.2) is 5.16 Å². The molecule has 4 nitrogen and oxygen atoms in total. The van der Waals surface area contributed by atoms with Gasteiger partial charge in [-0.25, -0.2) is 14.4 Å². The molecule has 0 aliphatic carbocycles. The summed E-state index contributed by atoms with van der Waals surface area (Å²) in [5.41, 5.74) is 0.750. The molecule has 1 heterocycles. The molecule has 0 aliphatic heterocycles. The van der Waals surface area contributed by atoms with E-state index in [2.05, 4.69) is 36.5 Å². The molecule has 0 aliphatic rings. The van der Waals surface area contributed by atoms with Crippen LogP contribution in [0.4, 0.5) is 21.7 Å². The van der Waals surface area contributed by atoms with E-state index < -0.39 is 0 Å². The van der Waals surface area contributed by atoms with Gasteiger partial charge in [0, 0.05) is 17.1 Å². The van der Waals surface area contributed by atoms with Crippen molar-refractivity contribution >= 4 is 45.0 Å². The van der Waals surface area contributed by atoms with Gasteiger partial charge < -0.3 is 10.6 Å². The minimum atomic E-state index is -0.289. The summed E-state index contributed by atoms with van der Waals surface area (Å²) < 4.78 is 13.7. The van der Waals surface area contributed by atoms with Crippen LogP contribution in [0, 0.1) is 5.82 Å². The first-order chi connectivity index (χ1) is 9.62. The lowest BCUT2D eigenvalue weighted by atomic mass is 10.3. The van der Waals surface area contributed by atoms with Crippen molar-refractivity contribution in [3.63, 3.8) is 0 Å². The van der Waals surface area contributed by atoms with Crippen LogP contribution in [0.2, 0.25) is 0 Å². The number of thioether (sulfide) groups is 1. The molecule has 0 fully saturated rings. The number of halogens is 2. The van der Waals surface area contributed by atoms with E-state index in [0.717, 1.165) is 18.1 Å². The van der Waals surface area contributed by atoms with Gasteiger partial charge in [-0.05, 0) is 47.3 Å². The molecule has 0 amide bonds. The summed E-state index contributed by atoms with van der Waals surface area (Å²) in [5.74, 6) is 1.13. The van der Waals surface area contributed by atoms with Crippen molar-refractivity contribution < 1.29 is 4.39 Å². The maximum Gasteiger partial charge on any atom is 0.191 e. The predicted octanol–water partition coefficient (Wildman–Crippen LogP) is 4.28. The van der Waals surface area contributed by atoms with Crippen LogP contribution in [-0.4, -0.2) is 22.8 Å². The Bertz CT molecular complexity index is 609. The van der Waals surface area contributed by atoms with Crippen molar-refractivity contribution in [2.75, 3.05) is 23.4 Å². The number of anilines is 3. The Morgan fingerprint density at radius 3 is 2.65 bits per heavy atom. The van der Waals surface area contributed by atoms with Crippen LogP contribution in [0.5, 0.6) is 0 Å². The zero-order valence-corrected chi connectivity index (χ0v) is 13.5. The highest BCUT2D eigenvalue weighted by atomic mass is 79.9. The molecule has 2 N–H and O–H groups in total. The molecule has 0 bridgehead atoms. The number of benzene rings is 1. The Balaban J connectivity index is 2.29. The molecule has 1 aromatic carbocycles. The highest BCUT2D eigenvalue weighted by Crippen LogP contribution is 2.27. The summed E-state index contributed by atoms with van der Waals surface area (Å²) in [6.07, 6.45) is 1.92. The number of hydrogen-bond acceptors (Lipinski definition) is 5. The average Bonchev–Trinajstić information content (AvgIpc) is 2.42. The molecule has 0 saturated carbocycles. The molecule has 0 unspecified atom stereocenters. The van der Waals surface area contributed by atoms with Crippen molar-refractivity contribution in [2.24, 2.45) is 0 Å². The van der Waals surface area contributed by atoms with Gasteiger partial charge in [-0.3, -0.25) is 0 Å². The molecule has 2 rings (SSSR count). The van der Waals surface area contributed by atoms with Crippen molar-refractivity contribution in [1.82, 2.24) is 9.97 Å². The van der Waals surface area contributed by atoms with Crippen molar-refractivity contribution in [3.05, 3.63) is 34.6 Å². The highest BCUT2D eigenvalue weighted by Gasteiger charge is 2.06. The number of aromatic nitrogens is 2. The van der Waals surface area contributed by atoms with Gasteiger partial charge in [0.05, 0.1) is 5.69 Å². The SMILES string of the molecule is CCNc1cc(Nc2ccc(F)cc2Br)nc(SC)n1. The van der Waals surface area contributed by atoms with Gasteiger partial charge in [-0.1, -0.05) is 11.8 Å². The summed E-state index contributed by atoms with van der Waals surface area (Å²) in [6.45, 7) is 2.79. The highest BCUT2D eigenvalue weighted by molar-refractivity contribution is 9.10. The fraction of sp³-hybridized carbons (Fsp3) is 0.231. The third kappa shape index (κ3) is 3.83. The summed E-state index contributed by atoms with van der Waals surface area (Å²) in [5, 5.41) is 6.98. The fourth-order valence-corrected chi connectivity index (χ4v) is 2.41. The lowest BCUT2D eigenvalue weighted by Crippen LogP contribution is -2.04. The van der Waals surface area contributed by atoms with Gasteiger partial charge in [0.2, 0.25) is 0 Å². The molecule has 20 heavy (non-hydrogen) atoms. The van der Waals surface area contributed by atoms with Gasteiger partial charge in [-0.15, -0.1) is 0 Å². The van der Waals surface area contributed by atoms with E-state index in [1.807, 2.05) is 19.2 Å². The normalized spacial score (nSPS) is 10.4. The second-order valence-electron chi connectivity index (χ2n) is 3.90. The molecular formula is C13H14BrFN4S. The molecule has 7 heteroatoms. The maximum absolute atomic E-state index is 13.1. The second-order valence-corrected chi connectivity index (χ2v) is 5.53. The standard InChI is InChI=1S/C13H14BrFN4S/c1-3-16-11-7-12(19-13(18-11)20-2)17-10-5-4-8(15)6-9(10)14/h4-7H,3H2,1-2H3,(H2,16,17,18,19). The largest absolute Gasteiger partial charge is 0.370 e. The average molecular weight is 357 g/mol. The number of nitrogens with zero attached hydrogens (tertiary/aromatic N) is 2. The quantitative estimate of drug-likeness (QED) is 0.618. The first-order valence-corrected chi connectivity index (χ1v) is 8.03. The second kappa shape index (κ2) is 6.90. The first kappa shape index (κ1) is 15.1. The van der Waals surface area contributed by atoms with Gasteiger partial charge >= 0.3 is 0 Å². The van der Waals surface area contributed by atoms with Gasteiger partial charge in [0.25, 0.3) is 0 Å². The summed E-state index contributed by atoms with van der Waals surface area (Å²) >= 11 is 4.79. The molecule has 2 aromatic rings. The molecule has 106 valence electrons.